The summed E-state index contributed by atoms with van der Waals surface area (Å²) in [6.07, 6.45) is -4.32. The summed E-state index contributed by atoms with van der Waals surface area (Å²) in [5.74, 6) is -1.35. The molecule has 1 aromatic rings. The average molecular weight is 264 g/mol. The smallest absolute Gasteiger partial charge is 0.425 e. The number of alkyl halides is 3. The van der Waals surface area contributed by atoms with Gasteiger partial charge in [-0.2, -0.15) is 13.2 Å². The van der Waals surface area contributed by atoms with Gasteiger partial charge >= 0.3 is 12.1 Å². The predicted octanol–water partition coefficient (Wildman–Crippen LogP) is 2.19. The first-order valence-electron chi connectivity index (χ1n) is 4.66. The second-order valence-corrected chi connectivity index (χ2v) is 3.03. The number of hydrogen-bond acceptors (Lipinski definition) is 5. The molecular formula is C9H7F3N2O4. The Bertz CT molecular complexity index is 487. The number of hydrogen-bond donors (Lipinski definition) is 0. The van der Waals surface area contributed by atoms with Crippen LogP contribution in [0.3, 0.4) is 0 Å². The molecule has 1 aromatic heterocycles. The number of nitro groups is 1. The van der Waals surface area contributed by atoms with Gasteiger partial charge in [-0.3, -0.25) is 10.1 Å². The highest BCUT2D eigenvalue weighted by Crippen LogP contribution is 2.37. The SMILES string of the molecule is CCOC(=O)c1nccc([N+](=O)[O-])c1C(F)(F)F. The molecule has 0 unspecified atom stereocenters. The molecule has 6 nitrogen and oxygen atoms in total. The van der Waals surface area contributed by atoms with E-state index in [9.17, 15) is 28.1 Å². The van der Waals surface area contributed by atoms with Crippen molar-refractivity contribution in [3.8, 4) is 0 Å². The van der Waals surface area contributed by atoms with Crippen molar-refractivity contribution >= 4 is 11.7 Å². The lowest BCUT2D eigenvalue weighted by atomic mass is 10.1. The molecule has 0 fully saturated rings. The molecule has 1 rings (SSSR count). The monoisotopic (exact) mass is 264 g/mol. The van der Waals surface area contributed by atoms with Crippen LogP contribution in [-0.2, 0) is 10.9 Å². The topological polar surface area (TPSA) is 82.3 Å². The predicted molar refractivity (Wildman–Crippen MR) is 51.8 cm³/mol. The molecule has 0 spiro atoms. The summed E-state index contributed by atoms with van der Waals surface area (Å²) < 4.78 is 42.5. The van der Waals surface area contributed by atoms with Crippen molar-refractivity contribution in [1.29, 1.82) is 0 Å². The number of carbonyl (C=O) groups is 1. The molecular weight excluding hydrogens is 257 g/mol. The number of ether oxygens (including phenoxy) is 1. The van der Waals surface area contributed by atoms with E-state index in [-0.39, 0.29) is 6.61 Å². The van der Waals surface area contributed by atoms with E-state index in [2.05, 4.69) is 9.72 Å². The van der Waals surface area contributed by atoms with E-state index in [1.807, 2.05) is 0 Å². The number of aromatic nitrogens is 1. The first-order chi connectivity index (χ1) is 8.29. The Morgan fingerprint density at radius 2 is 2.17 bits per heavy atom. The van der Waals surface area contributed by atoms with Crippen molar-refractivity contribution in [2.24, 2.45) is 0 Å². The van der Waals surface area contributed by atoms with Gasteiger partial charge in [0.05, 0.1) is 11.5 Å². The summed E-state index contributed by atoms with van der Waals surface area (Å²) in [5, 5.41) is 10.5. The van der Waals surface area contributed by atoms with E-state index < -0.39 is 34.0 Å². The molecule has 0 bridgehead atoms. The van der Waals surface area contributed by atoms with Gasteiger partial charge in [0, 0.05) is 12.3 Å². The molecule has 0 N–H and O–H groups in total. The van der Waals surface area contributed by atoms with Crippen molar-refractivity contribution in [3.05, 3.63) is 33.6 Å². The minimum Gasteiger partial charge on any atom is -0.461 e. The van der Waals surface area contributed by atoms with Crippen LogP contribution in [0.15, 0.2) is 12.3 Å². The first kappa shape index (κ1) is 13.9. The van der Waals surface area contributed by atoms with Crippen LogP contribution in [0.5, 0.6) is 0 Å². The van der Waals surface area contributed by atoms with E-state index in [1.54, 1.807) is 0 Å². The number of rotatable bonds is 3. The second kappa shape index (κ2) is 4.98. The number of nitrogens with zero attached hydrogens (tertiary/aromatic N) is 2. The van der Waals surface area contributed by atoms with Gasteiger partial charge in [0.1, 0.15) is 0 Å². The Hall–Kier alpha value is -2.19. The average Bonchev–Trinajstić information content (AvgIpc) is 2.27. The Kier molecular flexibility index (Phi) is 3.84. The molecule has 18 heavy (non-hydrogen) atoms. The van der Waals surface area contributed by atoms with Crippen LogP contribution in [-0.4, -0.2) is 22.5 Å². The fourth-order valence-electron chi connectivity index (χ4n) is 1.24. The summed E-state index contributed by atoms with van der Waals surface area (Å²) in [6.45, 7) is 1.23. The maximum Gasteiger partial charge on any atom is 0.425 e. The Morgan fingerprint density at radius 1 is 1.56 bits per heavy atom. The van der Waals surface area contributed by atoms with Crippen LogP contribution in [0.25, 0.3) is 0 Å². The van der Waals surface area contributed by atoms with Gasteiger partial charge in [-0.25, -0.2) is 9.78 Å². The van der Waals surface area contributed by atoms with Crippen molar-refractivity contribution in [3.63, 3.8) is 0 Å². The molecule has 0 aliphatic rings. The van der Waals surface area contributed by atoms with Crippen molar-refractivity contribution in [2.75, 3.05) is 6.61 Å². The maximum absolute atomic E-state index is 12.7. The van der Waals surface area contributed by atoms with Crippen molar-refractivity contribution in [2.45, 2.75) is 13.1 Å². The van der Waals surface area contributed by atoms with Gasteiger partial charge in [0.2, 0.25) is 0 Å². The maximum atomic E-state index is 12.7. The molecule has 0 radical (unpaired) electrons. The third kappa shape index (κ3) is 2.73. The molecule has 9 heteroatoms. The quantitative estimate of drug-likeness (QED) is 0.474. The van der Waals surface area contributed by atoms with Gasteiger partial charge in [-0.05, 0) is 6.92 Å². The van der Waals surface area contributed by atoms with Gasteiger partial charge in [-0.15, -0.1) is 0 Å². The highest BCUT2D eigenvalue weighted by atomic mass is 19.4. The molecule has 0 aliphatic heterocycles. The molecule has 0 saturated heterocycles. The Labute approximate surface area is 98.5 Å². The highest BCUT2D eigenvalue weighted by Gasteiger charge is 2.43. The summed E-state index contributed by atoms with van der Waals surface area (Å²) in [5.41, 5.74) is -4.05. The molecule has 0 saturated carbocycles. The molecule has 1 heterocycles. The fraction of sp³-hybridized carbons (Fsp3) is 0.333. The minimum atomic E-state index is -5.07. The normalized spacial score (nSPS) is 11.1. The zero-order chi connectivity index (χ0) is 13.9. The molecule has 0 atom stereocenters. The zero-order valence-electron chi connectivity index (χ0n) is 9.02. The van der Waals surface area contributed by atoms with Gasteiger partial charge in [0.15, 0.2) is 11.3 Å². The number of halogens is 3. The molecule has 98 valence electrons. The fourth-order valence-corrected chi connectivity index (χ4v) is 1.24. The van der Waals surface area contributed by atoms with E-state index in [0.717, 1.165) is 6.20 Å². The second-order valence-electron chi connectivity index (χ2n) is 3.03. The lowest BCUT2D eigenvalue weighted by Crippen LogP contribution is -2.19. The summed E-state index contributed by atoms with van der Waals surface area (Å²) in [7, 11) is 0. The van der Waals surface area contributed by atoms with Crippen molar-refractivity contribution < 1.29 is 27.6 Å². The van der Waals surface area contributed by atoms with Crippen LogP contribution in [0.4, 0.5) is 18.9 Å². The van der Waals surface area contributed by atoms with Gasteiger partial charge in [-0.1, -0.05) is 0 Å². The van der Waals surface area contributed by atoms with E-state index in [1.165, 1.54) is 6.92 Å². The first-order valence-corrected chi connectivity index (χ1v) is 4.66. The summed E-state index contributed by atoms with van der Waals surface area (Å²) in [6, 6.07) is 0.575. The highest BCUT2D eigenvalue weighted by molar-refractivity contribution is 5.90. The zero-order valence-corrected chi connectivity index (χ0v) is 9.02. The van der Waals surface area contributed by atoms with E-state index in [0.29, 0.717) is 6.07 Å². The third-order valence-corrected chi connectivity index (χ3v) is 1.88. The number of esters is 1. The lowest BCUT2D eigenvalue weighted by molar-refractivity contribution is -0.388. The minimum absolute atomic E-state index is 0.166. The van der Waals surface area contributed by atoms with Crippen LogP contribution >= 0.6 is 0 Å². The van der Waals surface area contributed by atoms with Crippen LogP contribution in [0.1, 0.15) is 23.0 Å². The standard InChI is InChI=1S/C9H7F3N2O4/c1-2-18-8(15)7-6(9(10,11)12)5(14(16)17)3-4-13-7/h3-4H,2H2,1H3. The van der Waals surface area contributed by atoms with Gasteiger partial charge < -0.3 is 4.74 Å². The van der Waals surface area contributed by atoms with E-state index in [4.69, 9.17) is 0 Å². The van der Waals surface area contributed by atoms with Crippen molar-refractivity contribution in [1.82, 2.24) is 4.98 Å². The van der Waals surface area contributed by atoms with E-state index >= 15 is 0 Å². The summed E-state index contributed by atoms with van der Waals surface area (Å²) >= 11 is 0. The van der Waals surface area contributed by atoms with Crippen LogP contribution < -0.4 is 0 Å². The number of carbonyl (C=O) groups excluding carboxylic acids is 1. The Morgan fingerprint density at radius 3 is 2.61 bits per heavy atom. The molecule has 0 aliphatic carbocycles. The third-order valence-electron chi connectivity index (χ3n) is 1.88. The van der Waals surface area contributed by atoms with Crippen LogP contribution in [0.2, 0.25) is 0 Å². The number of pyridine rings is 1. The van der Waals surface area contributed by atoms with Gasteiger partial charge in [0.25, 0.3) is 5.69 Å². The largest absolute Gasteiger partial charge is 0.461 e. The molecule has 0 amide bonds. The van der Waals surface area contributed by atoms with Crippen LogP contribution in [0, 0.1) is 10.1 Å². The summed E-state index contributed by atoms with van der Waals surface area (Å²) in [4.78, 5) is 23.8. The molecule has 0 aromatic carbocycles. The Balaban J connectivity index is 3.48. The lowest BCUT2D eigenvalue weighted by Gasteiger charge is -2.10.